The molecule has 39 heavy (non-hydrogen) atoms. The van der Waals surface area contributed by atoms with Gasteiger partial charge in [-0.15, -0.1) is 11.3 Å². The van der Waals surface area contributed by atoms with E-state index in [0.717, 1.165) is 0 Å². The van der Waals surface area contributed by atoms with Gasteiger partial charge in [0.15, 0.2) is 0 Å². The van der Waals surface area contributed by atoms with E-state index in [2.05, 4.69) is 145 Å². The zero-order valence-electron chi connectivity index (χ0n) is 21.6. The average Bonchev–Trinajstić information content (AvgIpc) is 3.53. The van der Waals surface area contributed by atoms with Crippen LogP contribution in [0.1, 0.15) is 5.56 Å². The SMILES string of the molecule is Cc1ccc2c(c1)c1cc(-c3cccc4c3sc3ccccc34)ccc1n2-c1ccc(-c2ccccc2)cc1. The second-order valence-electron chi connectivity index (χ2n) is 10.3. The Bertz CT molecular complexity index is 2160. The van der Waals surface area contributed by atoms with Crippen molar-refractivity contribution in [2.75, 3.05) is 0 Å². The molecule has 0 fully saturated rings. The molecule has 0 bridgehead atoms. The first-order chi connectivity index (χ1) is 19.2. The van der Waals surface area contributed by atoms with E-state index < -0.39 is 0 Å². The van der Waals surface area contributed by atoms with Crippen LogP contribution in [0.2, 0.25) is 0 Å². The maximum absolute atomic E-state index is 2.41. The van der Waals surface area contributed by atoms with Crippen LogP contribution >= 0.6 is 11.3 Å². The lowest BCUT2D eigenvalue weighted by Gasteiger charge is -2.10. The minimum absolute atomic E-state index is 1.18. The van der Waals surface area contributed by atoms with Crippen molar-refractivity contribution in [3.05, 3.63) is 139 Å². The van der Waals surface area contributed by atoms with E-state index in [1.807, 2.05) is 11.3 Å². The standard InChI is InChI=1S/C37H25NS/c1-24-14-20-34-32(22-24)33-23-27(29-11-7-12-31-30-10-5-6-13-36(30)39-37(29)31)17-21-35(33)38(34)28-18-15-26(16-19-28)25-8-3-2-4-9-25/h2-23H,1H3. The van der Waals surface area contributed by atoms with Gasteiger partial charge in [0.2, 0.25) is 0 Å². The third-order valence-corrected chi connectivity index (χ3v) is 9.09. The van der Waals surface area contributed by atoms with Gasteiger partial charge < -0.3 is 4.57 Å². The number of hydrogen-bond acceptors (Lipinski definition) is 1. The molecule has 2 heteroatoms. The Labute approximate surface area is 231 Å². The molecule has 0 atom stereocenters. The fraction of sp³-hybridized carbons (Fsp3) is 0.0270. The van der Waals surface area contributed by atoms with Crippen LogP contribution in [0, 0.1) is 6.92 Å². The number of thiophene rings is 1. The van der Waals surface area contributed by atoms with Gasteiger partial charge in [0.1, 0.15) is 0 Å². The first-order valence-corrected chi connectivity index (χ1v) is 14.2. The van der Waals surface area contributed by atoms with E-state index in [1.54, 1.807) is 0 Å². The number of benzene rings is 6. The summed E-state index contributed by atoms with van der Waals surface area (Å²) in [5.41, 5.74) is 9.96. The fourth-order valence-corrected chi connectivity index (χ4v) is 7.23. The highest BCUT2D eigenvalue weighted by Gasteiger charge is 2.16. The largest absolute Gasteiger partial charge is 0.309 e. The molecule has 8 rings (SSSR count). The normalized spacial score (nSPS) is 11.7. The predicted octanol–water partition coefficient (Wildman–Crippen LogP) is 10.8. The van der Waals surface area contributed by atoms with E-state index >= 15 is 0 Å². The van der Waals surface area contributed by atoms with Gasteiger partial charge in [-0.25, -0.2) is 0 Å². The third-order valence-electron chi connectivity index (χ3n) is 7.87. The van der Waals surface area contributed by atoms with Crippen LogP contribution in [0.5, 0.6) is 0 Å². The number of aryl methyl sites for hydroxylation is 1. The van der Waals surface area contributed by atoms with Crippen LogP contribution in [0.4, 0.5) is 0 Å². The van der Waals surface area contributed by atoms with E-state index in [0.29, 0.717) is 0 Å². The molecule has 0 unspecified atom stereocenters. The average molecular weight is 516 g/mol. The van der Waals surface area contributed by atoms with Crippen molar-refractivity contribution in [3.8, 4) is 27.9 Å². The molecule has 0 amide bonds. The zero-order chi connectivity index (χ0) is 25.9. The molecule has 184 valence electrons. The molecule has 0 N–H and O–H groups in total. The van der Waals surface area contributed by atoms with Gasteiger partial charge in [-0.1, -0.05) is 96.6 Å². The van der Waals surface area contributed by atoms with Crippen LogP contribution in [0.25, 0.3) is 69.9 Å². The van der Waals surface area contributed by atoms with Gasteiger partial charge in [0.05, 0.1) is 11.0 Å². The highest BCUT2D eigenvalue weighted by atomic mass is 32.1. The molecule has 0 aliphatic rings. The lowest BCUT2D eigenvalue weighted by Crippen LogP contribution is -1.94. The zero-order valence-corrected chi connectivity index (χ0v) is 22.4. The van der Waals surface area contributed by atoms with Gasteiger partial charge in [0.25, 0.3) is 0 Å². The summed E-state index contributed by atoms with van der Waals surface area (Å²) >= 11 is 1.89. The monoisotopic (exact) mass is 515 g/mol. The van der Waals surface area contributed by atoms with Gasteiger partial charge >= 0.3 is 0 Å². The number of fused-ring (bicyclic) bond motifs is 6. The molecule has 0 saturated heterocycles. The topological polar surface area (TPSA) is 4.93 Å². The molecule has 0 aliphatic heterocycles. The highest BCUT2D eigenvalue weighted by Crippen LogP contribution is 2.42. The summed E-state index contributed by atoms with van der Waals surface area (Å²) in [6.07, 6.45) is 0. The lowest BCUT2D eigenvalue weighted by molar-refractivity contribution is 1.18. The van der Waals surface area contributed by atoms with Crippen molar-refractivity contribution in [2.24, 2.45) is 0 Å². The van der Waals surface area contributed by atoms with Crippen molar-refractivity contribution in [1.82, 2.24) is 4.57 Å². The van der Waals surface area contributed by atoms with Gasteiger partial charge in [-0.05, 0) is 71.6 Å². The van der Waals surface area contributed by atoms with Crippen molar-refractivity contribution in [3.63, 3.8) is 0 Å². The lowest BCUT2D eigenvalue weighted by atomic mass is 10.0. The van der Waals surface area contributed by atoms with E-state index in [9.17, 15) is 0 Å². The second-order valence-corrected chi connectivity index (χ2v) is 11.3. The molecule has 0 spiro atoms. The molecule has 8 aromatic rings. The van der Waals surface area contributed by atoms with E-state index in [4.69, 9.17) is 0 Å². The summed E-state index contributed by atoms with van der Waals surface area (Å²) in [7, 11) is 0. The minimum atomic E-state index is 1.18. The summed E-state index contributed by atoms with van der Waals surface area (Å²) in [6, 6.07) is 48.8. The van der Waals surface area contributed by atoms with Gasteiger partial charge in [0, 0.05) is 36.6 Å². The predicted molar refractivity (Wildman–Crippen MR) is 169 cm³/mol. The molecule has 2 aromatic heterocycles. The quantitative estimate of drug-likeness (QED) is 0.220. The Balaban J connectivity index is 1.34. The summed E-state index contributed by atoms with van der Waals surface area (Å²) < 4.78 is 5.10. The van der Waals surface area contributed by atoms with Crippen LogP contribution < -0.4 is 0 Å². The van der Waals surface area contributed by atoms with Gasteiger partial charge in [-0.2, -0.15) is 0 Å². The molecule has 1 nitrogen and oxygen atoms in total. The number of rotatable bonds is 3. The fourth-order valence-electron chi connectivity index (χ4n) is 5.99. The Morgan fingerprint density at radius 3 is 2.00 bits per heavy atom. The molecule has 2 heterocycles. The molecular weight excluding hydrogens is 490 g/mol. The van der Waals surface area contributed by atoms with Crippen LogP contribution in [-0.4, -0.2) is 4.57 Å². The maximum atomic E-state index is 2.41. The molecule has 0 saturated carbocycles. The van der Waals surface area contributed by atoms with E-state index in [1.165, 1.54) is 75.5 Å². The molecule has 0 radical (unpaired) electrons. The smallest absolute Gasteiger partial charge is 0.0541 e. The first kappa shape index (κ1) is 22.3. The first-order valence-electron chi connectivity index (χ1n) is 13.4. The van der Waals surface area contributed by atoms with Crippen molar-refractivity contribution >= 4 is 53.3 Å². The summed E-state index contributed by atoms with van der Waals surface area (Å²) in [4.78, 5) is 0. The number of aromatic nitrogens is 1. The third kappa shape index (κ3) is 3.53. The molecule has 6 aromatic carbocycles. The van der Waals surface area contributed by atoms with Crippen molar-refractivity contribution < 1.29 is 0 Å². The number of hydrogen-bond donors (Lipinski definition) is 0. The molecular formula is C37H25NS. The Morgan fingerprint density at radius 1 is 0.487 bits per heavy atom. The van der Waals surface area contributed by atoms with Crippen molar-refractivity contribution in [1.29, 1.82) is 0 Å². The van der Waals surface area contributed by atoms with Crippen LogP contribution in [0.15, 0.2) is 133 Å². The number of nitrogens with zero attached hydrogens (tertiary/aromatic N) is 1. The highest BCUT2D eigenvalue weighted by molar-refractivity contribution is 7.26. The van der Waals surface area contributed by atoms with E-state index in [-0.39, 0.29) is 0 Å². The van der Waals surface area contributed by atoms with Crippen LogP contribution in [0.3, 0.4) is 0 Å². The summed E-state index contributed by atoms with van der Waals surface area (Å²) in [6.45, 7) is 2.18. The van der Waals surface area contributed by atoms with Crippen LogP contribution in [-0.2, 0) is 0 Å². The Hall–Kier alpha value is -4.66. The summed E-state index contributed by atoms with van der Waals surface area (Å²) in [5.74, 6) is 0. The second kappa shape index (κ2) is 8.69. The van der Waals surface area contributed by atoms with Crippen molar-refractivity contribution in [2.45, 2.75) is 6.92 Å². The minimum Gasteiger partial charge on any atom is -0.309 e. The van der Waals surface area contributed by atoms with Gasteiger partial charge in [-0.3, -0.25) is 0 Å². The maximum Gasteiger partial charge on any atom is 0.0541 e. The molecule has 0 aliphatic carbocycles. The summed E-state index contributed by atoms with van der Waals surface area (Å²) in [5, 5.41) is 5.26. The Morgan fingerprint density at radius 2 is 1.15 bits per heavy atom. The Kier molecular flexibility index (Phi) is 4.98.